The Labute approximate surface area is 115 Å². The van der Waals surface area contributed by atoms with Gasteiger partial charge in [0, 0.05) is 6.07 Å². The molecule has 2 heteroatoms. The second kappa shape index (κ2) is 4.73. The van der Waals surface area contributed by atoms with E-state index < -0.39 is 0 Å². The Morgan fingerprint density at radius 2 is 1.58 bits per heavy atom. The first-order chi connectivity index (χ1) is 9.07. The van der Waals surface area contributed by atoms with Crippen LogP contribution in [0, 0.1) is 11.8 Å². The minimum atomic E-state index is 0.120. The molecule has 2 nitrogen and oxygen atoms in total. The van der Waals surface area contributed by atoms with Gasteiger partial charge in [-0.3, -0.25) is 0 Å². The maximum atomic E-state index is 9.71. The molecular formula is C17H24O2. The van der Waals surface area contributed by atoms with Crippen LogP contribution in [0.4, 0.5) is 0 Å². The summed E-state index contributed by atoms with van der Waals surface area (Å²) in [5.41, 5.74) is 1.23. The van der Waals surface area contributed by atoms with Gasteiger partial charge in [0.25, 0.3) is 0 Å². The largest absolute Gasteiger partial charge is 0.508 e. The van der Waals surface area contributed by atoms with Crippen LogP contribution in [0.5, 0.6) is 11.5 Å². The van der Waals surface area contributed by atoms with Crippen molar-refractivity contribution >= 4 is 0 Å². The topological polar surface area (TPSA) is 40.5 Å². The van der Waals surface area contributed by atoms with E-state index in [1.165, 1.54) is 51.0 Å². The highest BCUT2D eigenvalue weighted by atomic mass is 16.3. The van der Waals surface area contributed by atoms with Crippen LogP contribution < -0.4 is 0 Å². The van der Waals surface area contributed by atoms with Gasteiger partial charge in [-0.15, -0.1) is 0 Å². The monoisotopic (exact) mass is 260 g/mol. The highest BCUT2D eigenvalue weighted by Crippen LogP contribution is 2.50. The molecule has 0 saturated heterocycles. The zero-order chi connectivity index (χ0) is 13.5. The Bertz CT molecular complexity index is 448. The molecule has 1 aromatic carbocycles. The third kappa shape index (κ3) is 2.45. The number of rotatable bonds is 1. The van der Waals surface area contributed by atoms with Gasteiger partial charge in [-0.05, 0) is 54.2 Å². The van der Waals surface area contributed by atoms with E-state index in [0.29, 0.717) is 0 Å². The molecule has 0 bridgehead atoms. The van der Waals surface area contributed by atoms with E-state index >= 15 is 0 Å². The predicted molar refractivity (Wildman–Crippen MR) is 76.4 cm³/mol. The fourth-order valence-corrected chi connectivity index (χ4v) is 4.32. The summed E-state index contributed by atoms with van der Waals surface area (Å²) in [6.07, 6.45) is 9.25. The second-order valence-corrected chi connectivity index (χ2v) is 6.85. The molecule has 0 aromatic heterocycles. The van der Waals surface area contributed by atoms with Crippen molar-refractivity contribution in [1.29, 1.82) is 0 Å². The van der Waals surface area contributed by atoms with E-state index in [-0.39, 0.29) is 16.9 Å². The Morgan fingerprint density at radius 1 is 0.947 bits per heavy atom. The number of fused-ring (bicyclic) bond motifs is 1. The lowest BCUT2D eigenvalue weighted by Crippen LogP contribution is -2.36. The molecule has 2 saturated carbocycles. The zero-order valence-corrected chi connectivity index (χ0v) is 11.7. The van der Waals surface area contributed by atoms with Crippen LogP contribution in [0.3, 0.4) is 0 Å². The molecule has 104 valence electrons. The summed E-state index contributed by atoms with van der Waals surface area (Å²) in [6.45, 7) is 2.30. The molecule has 1 aromatic rings. The van der Waals surface area contributed by atoms with E-state index in [1.807, 2.05) is 12.1 Å². The number of phenolic OH excluding ortho intramolecular Hbond substituents is 2. The van der Waals surface area contributed by atoms with Gasteiger partial charge in [-0.1, -0.05) is 32.6 Å². The van der Waals surface area contributed by atoms with Crippen molar-refractivity contribution in [3.63, 3.8) is 0 Å². The standard InChI is InChI=1S/C17H24O2/c1-17(14-8-15(18)10-16(19)9-14)7-6-12-4-2-3-5-13(12)11-17/h8-10,12-13,18-19H,2-7,11H2,1H3. The van der Waals surface area contributed by atoms with Crippen molar-refractivity contribution < 1.29 is 10.2 Å². The number of phenols is 2. The Kier molecular flexibility index (Phi) is 3.20. The number of aromatic hydroxyl groups is 2. The lowest BCUT2D eigenvalue weighted by atomic mass is 9.60. The molecule has 0 aliphatic heterocycles. The van der Waals surface area contributed by atoms with Gasteiger partial charge in [0.05, 0.1) is 0 Å². The summed E-state index contributed by atoms with van der Waals surface area (Å²) < 4.78 is 0. The maximum Gasteiger partial charge on any atom is 0.119 e. The molecule has 0 spiro atoms. The average molecular weight is 260 g/mol. The van der Waals surface area contributed by atoms with Crippen molar-refractivity contribution in [2.45, 2.75) is 57.3 Å². The quantitative estimate of drug-likeness (QED) is 0.788. The molecule has 19 heavy (non-hydrogen) atoms. The highest BCUT2D eigenvalue weighted by molar-refractivity contribution is 5.40. The van der Waals surface area contributed by atoms with Gasteiger partial charge in [0.2, 0.25) is 0 Å². The molecular weight excluding hydrogens is 236 g/mol. The van der Waals surface area contributed by atoms with Crippen LogP contribution in [-0.2, 0) is 5.41 Å². The summed E-state index contributed by atoms with van der Waals surface area (Å²) in [6, 6.07) is 5.09. The van der Waals surface area contributed by atoms with Crippen molar-refractivity contribution in [3.8, 4) is 11.5 Å². The number of benzene rings is 1. The highest BCUT2D eigenvalue weighted by Gasteiger charge is 2.39. The second-order valence-electron chi connectivity index (χ2n) is 6.85. The Balaban J connectivity index is 1.86. The van der Waals surface area contributed by atoms with Gasteiger partial charge < -0.3 is 10.2 Å². The molecule has 2 N–H and O–H groups in total. The van der Waals surface area contributed by atoms with Gasteiger partial charge >= 0.3 is 0 Å². The molecule has 0 amide bonds. The van der Waals surface area contributed by atoms with Crippen molar-refractivity contribution in [1.82, 2.24) is 0 Å². The van der Waals surface area contributed by atoms with Crippen LogP contribution in [-0.4, -0.2) is 10.2 Å². The Morgan fingerprint density at radius 3 is 2.26 bits per heavy atom. The molecule has 2 aliphatic rings. The van der Waals surface area contributed by atoms with E-state index in [4.69, 9.17) is 0 Å². The summed E-state index contributed by atoms with van der Waals surface area (Å²) in [5.74, 6) is 2.13. The maximum absolute atomic E-state index is 9.71. The smallest absolute Gasteiger partial charge is 0.119 e. The zero-order valence-electron chi connectivity index (χ0n) is 11.7. The van der Waals surface area contributed by atoms with E-state index in [2.05, 4.69) is 6.92 Å². The van der Waals surface area contributed by atoms with Crippen LogP contribution in [0.25, 0.3) is 0 Å². The predicted octanol–water partition coefficient (Wildman–Crippen LogP) is 4.35. The van der Waals surface area contributed by atoms with Gasteiger partial charge in [0.15, 0.2) is 0 Å². The van der Waals surface area contributed by atoms with Crippen LogP contribution >= 0.6 is 0 Å². The van der Waals surface area contributed by atoms with Crippen molar-refractivity contribution in [2.75, 3.05) is 0 Å². The lowest BCUT2D eigenvalue weighted by Gasteiger charge is -2.45. The summed E-state index contributed by atoms with van der Waals surface area (Å²) in [7, 11) is 0. The van der Waals surface area contributed by atoms with Crippen LogP contribution in [0.1, 0.15) is 57.4 Å². The van der Waals surface area contributed by atoms with E-state index in [1.54, 1.807) is 0 Å². The molecule has 2 fully saturated rings. The molecule has 2 aliphatic carbocycles. The summed E-state index contributed by atoms with van der Waals surface area (Å²) in [4.78, 5) is 0. The first-order valence-corrected chi connectivity index (χ1v) is 7.60. The normalized spacial score (nSPS) is 34.8. The van der Waals surface area contributed by atoms with E-state index in [9.17, 15) is 10.2 Å². The molecule has 0 radical (unpaired) electrons. The van der Waals surface area contributed by atoms with E-state index in [0.717, 1.165) is 17.4 Å². The van der Waals surface area contributed by atoms with Crippen molar-refractivity contribution in [3.05, 3.63) is 23.8 Å². The SMILES string of the molecule is CC1(c2cc(O)cc(O)c2)CCC2CCCCC2C1. The minimum absolute atomic E-state index is 0.120. The van der Waals surface area contributed by atoms with Gasteiger partial charge in [-0.2, -0.15) is 0 Å². The summed E-state index contributed by atoms with van der Waals surface area (Å²) >= 11 is 0. The summed E-state index contributed by atoms with van der Waals surface area (Å²) in [5, 5.41) is 19.4. The first kappa shape index (κ1) is 12.8. The van der Waals surface area contributed by atoms with Gasteiger partial charge in [0.1, 0.15) is 11.5 Å². The minimum Gasteiger partial charge on any atom is -0.508 e. The fraction of sp³-hybridized carbons (Fsp3) is 0.647. The fourth-order valence-electron chi connectivity index (χ4n) is 4.32. The third-order valence-corrected chi connectivity index (χ3v) is 5.45. The Hall–Kier alpha value is -1.18. The first-order valence-electron chi connectivity index (χ1n) is 7.60. The number of hydrogen-bond acceptors (Lipinski definition) is 2. The average Bonchev–Trinajstić information content (AvgIpc) is 2.37. The lowest BCUT2D eigenvalue weighted by molar-refractivity contribution is 0.115. The molecule has 3 rings (SSSR count). The third-order valence-electron chi connectivity index (χ3n) is 5.45. The van der Waals surface area contributed by atoms with Crippen LogP contribution in [0.15, 0.2) is 18.2 Å². The molecule has 0 heterocycles. The van der Waals surface area contributed by atoms with Crippen molar-refractivity contribution in [2.24, 2.45) is 11.8 Å². The molecule has 3 atom stereocenters. The number of hydrogen-bond donors (Lipinski definition) is 2. The van der Waals surface area contributed by atoms with Crippen LogP contribution in [0.2, 0.25) is 0 Å². The molecule has 3 unspecified atom stereocenters. The van der Waals surface area contributed by atoms with Gasteiger partial charge in [-0.25, -0.2) is 0 Å².